The lowest BCUT2D eigenvalue weighted by Crippen LogP contribution is -2.17. The molecule has 0 amide bonds. The summed E-state index contributed by atoms with van der Waals surface area (Å²) in [4.78, 5) is 10.4. The third kappa shape index (κ3) is 5.91. The Kier molecular flexibility index (Phi) is 7.48. The van der Waals surface area contributed by atoms with E-state index in [0.717, 1.165) is 59.6 Å². The van der Waals surface area contributed by atoms with Crippen molar-refractivity contribution in [3.63, 3.8) is 0 Å². The maximum absolute atomic E-state index is 11.5. The van der Waals surface area contributed by atoms with Crippen LogP contribution in [0.5, 0.6) is 5.75 Å². The van der Waals surface area contributed by atoms with Gasteiger partial charge in [0.2, 0.25) is 0 Å². The number of aromatic nitrogens is 3. The first kappa shape index (κ1) is 30.7. The van der Waals surface area contributed by atoms with Crippen LogP contribution in [0, 0.1) is 0 Å². The van der Waals surface area contributed by atoms with Gasteiger partial charge in [0.05, 0.1) is 21.6 Å². The molecule has 0 radical (unpaired) electrons. The van der Waals surface area contributed by atoms with Crippen LogP contribution in [0.3, 0.4) is 0 Å². The van der Waals surface area contributed by atoms with Gasteiger partial charge in [-0.3, -0.25) is 10.1 Å². The van der Waals surface area contributed by atoms with Crippen LogP contribution in [0.25, 0.3) is 42.8 Å². The Hall–Kier alpha value is -4.29. The SMILES string of the molecule is CC(C)(C)c1cc(C=Nc2c(-c3nc4c(-c5ccn[nH]5)cc(C(C)(C)C)cc4s3)ccc3ccccc23)c(O)c(C(C)(C)C)c1. The van der Waals surface area contributed by atoms with Gasteiger partial charge in [0.25, 0.3) is 0 Å². The molecular weight excluding hydrogens is 573 g/mol. The van der Waals surface area contributed by atoms with E-state index in [0.29, 0.717) is 5.56 Å². The molecule has 6 rings (SSSR count). The van der Waals surface area contributed by atoms with Crippen LogP contribution < -0.4 is 0 Å². The highest BCUT2D eigenvalue weighted by atomic mass is 32.1. The average molecular weight is 615 g/mol. The topological polar surface area (TPSA) is 74.2 Å². The average Bonchev–Trinajstić information content (AvgIpc) is 3.65. The number of hydrogen-bond donors (Lipinski definition) is 2. The van der Waals surface area contributed by atoms with E-state index in [1.54, 1.807) is 17.5 Å². The second-order valence-corrected chi connectivity index (χ2v) is 16.0. The molecular formula is C39H42N4OS. The first-order valence-electron chi connectivity index (χ1n) is 15.5. The van der Waals surface area contributed by atoms with Gasteiger partial charge in [0.15, 0.2) is 0 Å². The van der Waals surface area contributed by atoms with Crippen molar-refractivity contribution in [2.75, 3.05) is 0 Å². The quantitative estimate of drug-likeness (QED) is 0.194. The van der Waals surface area contributed by atoms with E-state index in [-0.39, 0.29) is 22.0 Å². The summed E-state index contributed by atoms with van der Waals surface area (Å²) < 4.78 is 1.12. The number of phenols is 1. The number of nitrogens with zero attached hydrogens (tertiary/aromatic N) is 3. The van der Waals surface area contributed by atoms with E-state index >= 15 is 0 Å². The summed E-state index contributed by atoms with van der Waals surface area (Å²) in [7, 11) is 0. The third-order valence-corrected chi connectivity index (χ3v) is 9.46. The summed E-state index contributed by atoms with van der Waals surface area (Å²) in [6.45, 7) is 19.7. The van der Waals surface area contributed by atoms with Crippen molar-refractivity contribution in [3.05, 3.63) is 95.2 Å². The fraction of sp³-hybridized carbons (Fsp3) is 0.308. The molecule has 2 heterocycles. The smallest absolute Gasteiger partial charge is 0.128 e. The first-order valence-corrected chi connectivity index (χ1v) is 16.3. The minimum absolute atomic E-state index is 0.0268. The van der Waals surface area contributed by atoms with Gasteiger partial charge in [-0.05, 0) is 63.1 Å². The zero-order valence-electron chi connectivity index (χ0n) is 27.7. The second kappa shape index (κ2) is 11.0. The number of aromatic amines is 1. The number of hydrogen-bond acceptors (Lipinski definition) is 5. The fourth-order valence-corrected chi connectivity index (χ4v) is 6.71. The Morgan fingerprint density at radius 3 is 2.16 bits per heavy atom. The van der Waals surface area contributed by atoms with Gasteiger partial charge in [-0.2, -0.15) is 5.10 Å². The van der Waals surface area contributed by atoms with Crippen molar-refractivity contribution in [1.29, 1.82) is 0 Å². The minimum Gasteiger partial charge on any atom is -0.507 e. The van der Waals surface area contributed by atoms with Crippen molar-refractivity contribution >= 4 is 44.2 Å². The van der Waals surface area contributed by atoms with Crippen LogP contribution in [-0.2, 0) is 16.2 Å². The maximum atomic E-state index is 11.5. The Labute approximate surface area is 270 Å². The van der Waals surface area contributed by atoms with Gasteiger partial charge in [0, 0.05) is 40.1 Å². The highest BCUT2D eigenvalue weighted by Crippen LogP contribution is 2.44. The molecule has 0 aliphatic carbocycles. The summed E-state index contributed by atoms with van der Waals surface area (Å²) in [5.74, 6) is 0.278. The molecule has 6 heteroatoms. The van der Waals surface area contributed by atoms with Crippen LogP contribution >= 0.6 is 11.3 Å². The van der Waals surface area contributed by atoms with E-state index in [1.165, 1.54) is 5.56 Å². The first-order chi connectivity index (χ1) is 21.1. The lowest BCUT2D eigenvalue weighted by Gasteiger charge is -2.27. The molecule has 2 aromatic heterocycles. The number of H-pyrrole nitrogens is 1. The number of benzene rings is 4. The van der Waals surface area contributed by atoms with Crippen LogP contribution in [0.2, 0.25) is 0 Å². The van der Waals surface area contributed by atoms with E-state index in [1.807, 2.05) is 24.4 Å². The van der Waals surface area contributed by atoms with Gasteiger partial charge >= 0.3 is 0 Å². The molecule has 5 nitrogen and oxygen atoms in total. The molecule has 45 heavy (non-hydrogen) atoms. The normalized spacial score (nSPS) is 13.0. The number of fused-ring (bicyclic) bond motifs is 2. The number of nitrogens with one attached hydrogen (secondary N) is 1. The molecule has 0 atom stereocenters. The summed E-state index contributed by atoms with van der Waals surface area (Å²) in [5.41, 5.74) is 8.44. The minimum atomic E-state index is -0.224. The molecule has 0 aliphatic heterocycles. The molecule has 0 saturated carbocycles. The molecule has 0 saturated heterocycles. The van der Waals surface area contributed by atoms with Crippen molar-refractivity contribution in [3.8, 4) is 27.6 Å². The van der Waals surface area contributed by atoms with E-state index < -0.39 is 0 Å². The monoisotopic (exact) mass is 614 g/mol. The molecule has 230 valence electrons. The van der Waals surface area contributed by atoms with Crippen molar-refractivity contribution < 1.29 is 5.11 Å². The van der Waals surface area contributed by atoms with E-state index in [4.69, 9.17) is 9.98 Å². The van der Waals surface area contributed by atoms with Gasteiger partial charge < -0.3 is 5.11 Å². The maximum Gasteiger partial charge on any atom is 0.128 e. The molecule has 2 N–H and O–H groups in total. The van der Waals surface area contributed by atoms with Crippen LogP contribution in [-0.4, -0.2) is 26.5 Å². The molecule has 0 bridgehead atoms. The molecule has 6 aromatic rings. The van der Waals surface area contributed by atoms with Crippen molar-refractivity contribution in [2.45, 2.75) is 78.6 Å². The number of thiazole rings is 1. The zero-order chi connectivity index (χ0) is 32.3. The molecule has 0 fully saturated rings. The number of aliphatic imine (C=N–C) groups is 1. The zero-order valence-corrected chi connectivity index (χ0v) is 28.5. The third-order valence-electron chi connectivity index (χ3n) is 8.43. The Bertz CT molecular complexity index is 2060. The standard InChI is InChI=1S/C39H42N4OS/c1-37(2,3)25-18-24(35(44)30(20-25)39(7,8)9)22-40-33-27-13-11-10-12-23(27)14-15-28(33)36-42-34-29(31-16-17-41-43-31)19-26(38(4,5)6)21-32(34)45-36/h10-22,44H,1-9H3,(H,41,43). The van der Waals surface area contributed by atoms with Gasteiger partial charge in [0.1, 0.15) is 10.8 Å². The molecule has 0 spiro atoms. The van der Waals surface area contributed by atoms with Crippen LogP contribution in [0.15, 0.2) is 77.9 Å². The highest BCUT2D eigenvalue weighted by molar-refractivity contribution is 7.21. The molecule has 0 aliphatic rings. The number of aromatic hydroxyl groups is 1. The van der Waals surface area contributed by atoms with Gasteiger partial charge in [-0.1, -0.05) is 98.7 Å². The van der Waals surface area contributed by atoms with Crippen LogP contribution in [0.1, 0.15) is 84.6 Å². The number of phenolic OH excluding ortho intramolecular Hbond substituents is 1. The largest absolute Gasteiger partial charge is 0.507 e. The Balaban J connectivity index is 1.58. The van der Waals surface area contributed by atoms with Gasteiger partial charge in [-0.25, -0.2) is 4.98 Å². The Morgan fingerprint density at radius 1 is 0.778 bits per heavy atom. The molecule has 0 unspecified atom stereocenters. The van der Waals surface area contributed by atoms with Crippen molar-refractivity contribution in [2.24, 2.45) is 4.99 Å². The second-order valence-electron chi connectivity index (χ2n) is 15.0. The molecule has 4 aromatic carbocycles. The predicted molar refractivity (Wildman–Crippen MR) is 192 cm³/mol. The van der Waals surface area contributed by atoms with Crippen LogP contribution in [0.4, 0.5) is 5.69 Å². The lowest BCUT2D eigenvalue weighted by molar-refractivity contribution is 0.444. The highest BCUT2D eigenvalue weighted by Gasteiger charge is 2.25. The summed E-state index contributed by atoms with van der Waals surface area (Å²) in [6.07, 6.45) is 3.61. The van der Waals surface area contributed by atoms with E-state index in [2.05, 4.69) is 121 Å². The summed E-state index contributed by atoms with van der Waals surface area (Å²) in [6, 6.07) is 23.3. The Morgan fingerprint density at radius 2 is 1.49 bits per heavy atom. The lowest BCUT2D eigenvalue weighted by atomic mass is 9.79. The number of rotatable bonds is 4. The fourth-order valence-electron chi connectivity index (χ4n) is 5.65. The summed E-state index contributed by atoms with van der Waals surface area (Å²) in [5, 5.41) is 21.9. The van der Waals surface area contributed by atoms with Gasteiger partial charge in [-0.15, -0.1) is 11.3 Å². The van der Waals surface area contributed by atoms with E-state index in [9.17, 15) is 5.11 Å². The van der Waals surface area contributed by atoms with Crippen molar-refractivity contribution in [1.82, 2.24) is 15.2 Å². The predicted octanol–water partition coefficient (Wildman–Crippen LogP) is 10.9. The summed E-state index contributed by atoms with van der Waals surface area (Å²) >= 11 is 1.68.